The molecule has 6 nitrogen and oxygen atoms in total. The van der Waals surface area contributed by atoms with E-state index in [4.69, 9.17) is 11.6 Å². The second-order valence-electron chi connectivity index (χ2n) is 8.69. The van der Waals surface area contributed by atoms with E-state index in [1.807, 2.05) is 42.2 Å². The van der Waals surface area contributed by atoms with Gasteiger partial charge in [-0.1, -0.05) is 11.6 Å². The van der Waals surface area contributed by atoms with Gasteiger partial charge in [-0.2, -0.15) is 4.31 Å². The number of piperazine rings is 1. The Bertz CT molecular complexity index is 1110. The fourth-order valence-electron chi connectivity index (χ4n) is 4.62. The van der Waals surface area contributed by atoms with E-state index < -0.39 is 10.0 Å². The molecule has 0 bridgehead atoms. The Balaban J connectivity index is 1.32. The Morgan fingerprint density at radius 3 is 2.32 bits per heavy atom. The molecule has 0 unspecified atom stereocenters. The average Bonchev–Trinajstić information content (AvgIpc) is 3.56. The highest BCUT2D eigenvalue weighted by Crippen LogP contribution is 2.39. The number of amides is 1. The summed E-state index contributed by atoms with van der Waals surface area (Å²) in [6.07, 6.45) is 2.62. The molecule has 2 heterocycles. The summed E-state index contributed by atoms with van der Waals surface area (Å²) in [4.78, 5) is 17.0. The molecule has 1 saturated heterocycles. The van der Waals surface area contributed by atoms with E-state index in [9.17, 15) is 13.2 Å². The third-order valence-electron chi connectivity index (χ3n) is 6.50. The Morgan fingerprint density at radius 1 is 1.00 bits per heavy atom. The van der Waals surface area contributed by atoms with E-state index >= 15 is 0 Å². The minimum Gasteiger partial charge on any atom is -0.369 e. The molecule has 1 atom stereocenters. The summed E-state index contributed by atoms with van der Waals surface area (Å²) in [5.41, 5.74) is 2.87. The molecular formula is C23H26ClN3O3S. The number of hydrogen-bond acceptors (Lipinski definition) is 4. The summed E-state index contributed by atoms with van der Waals surface area (Å²) in [5, 5.41) is 0.688. The van der Waals surface area contributed by atoms with Crippen LogP contribution in [-0.4, -0.2) is 50.9 Å². The van der Waals surface area contributed by atoms with Crippen LogP contribution in [0.4, 0.5) is 11.4 Å². The zero-order valence-corrected chi connectivity index (χ0v) is 19.1. The van der Waals surface area contributed by atoms with Crippen molar-refractivity contribution in [3.63, 3.8) is 0 Å². The van der Waals surface area contributed by atoms with Crippen LogP contribution in [0.5, 0.6) is 0 Å². The molecule has 2 fully saturated rings. The fourth-order valence-corrected chi connectivity index (χ4v) is 6.22. The van der Waals surface area contributed by atoms with Crippen LogP contribution < -0.4 is 9.80 Å². The van der Waals surface area contributed by atoms with E-state index in [0.29, 0.717) is 42.5 Å². The molecule has 31 heavy (non-hydrogen) atoms. The maximum absolute atomic E-state index is 13.3. The molecule has 2 aromatic carbocycles. The molecule has 164 valence electrons. The summed E-state index contributed by atoms with van der Waals surface area (Å²) < 4.78 is 28.2. The highest BCUT2D eigenvalue weighted by Gasteiger charge is 2.40. The van der Waals surface area contributed by atoms with Crippen LogP contribution in [0.15, 0.2) is 47.4 Å². The van der Waals surface area contributed by atoms with Gasteiger partial charge in [0.2, 0.25) is 15.9 Å². The standard InChI is InChI=1S/C23H26ClN3O3S/c1-16-14-18-15-21(8-9-22(18)27(16)23(28)17-2-3-17)31(29,30)26-12-10-25(11-13-26)20-6-4-19(24)5-7-20/h4-9,15-17H,2-3,10-14H2,1H3/t16-/m0/s1. The molecule has 8 heteroatoms. The van der Waals surface area contributed by atoms with Gasteiger partial charge in [0.05, 0.1) is 4.90 Å². The summed E-state index contributed by atoms with van der Waals surface area (Å²) in [5.74, 6) is 0.328. The predicted octanol–water partition coefficient (Wildman–Crippen LogP) is 3.54. The lowest BCUT2D eigenvalue weighted by Crippen LogP contribution is -2.48. The SMILES string of the molecule is C[C@H]1Cc2cc(S(=O)(=O)N3CCN(c4ccc(Cl)cc4)CC3)ccc2N1C(=O)C1CC1. The lowest BCUT2D eigenvalue weighted by Gasteiger charge is -2.35. The van der Waals surface area contributed by atoms with Crippen LogP contribution in [-0.2, 0) is 21.2 Å². The zero-order valence-electron chi connectivity index (χ0n) is 17.5. The van der Waals surface area contributed by atoms with Crippen molar-refractivity contribution in [2.45, 2.75) is 37.1 Å². The monoisotopic (exact) mass is 459 g/mol. The molecule has 0 spiro atoms. The Labute approximate surface area is 188 Å². The maximum Gasteiger partial charge on any atom is 0.243 e. The van der Waals surface area contributed by atoms with E-state index in [-0.39, 0.29) is 17.9 Å². The molecule has 1 amide bonds. The van der Waals surface area contributed by atoms with Crippen LogP contribution >= 0.6 is 11.6 Å². The summed E-state index contributed by atoms with van der Waals surface area (Å²) in [6, 6.07) is 12.9. The molecular weight excluding hydrogens is 434 g/mol. The molecule has 0 radical (unpaired) electrons. The van der Waals surface area contributed by atoms with Crippen molar-refractivity contribution in [2.24, 2.45) is 5.92 Å². The number of fused-ring (bicyclic) bond motifs is 1. The van der Waals surface area contributed by atoms with Gasteiger partial charge in [-0.15, -0.1) is 0 Å². The number of carbonyl (C=O) groups excluding carboxylic acids is 1. The van der Waals surface area contributed by atoms with Gasteiger partial charge >= 0.3 is 0 Å². The van der Waals surface area contributed by atoms with Gasteiger partial charge in [0.25, 0.3) is 0 Å². The molecule has 3 aliphatic rings. The van der Waals surface area contributed by atoms with Crippen molar-refractivity contribution < 1.29 is 13.2 Å². The van der Waals surface area contributed by atoms with Gasteiger partial charge in [-0.3, -0.25) is 4.79 Å². The van der Waals surface area contributed by atoms with Crippen LogP contribution in [0.2, 0.25) is 5.02 Å². The highest BCUT2D eigenvalue weighted by atomic mass is 35.5. The Hall–Kier alpha value is -2.09. The van der Waals surface area contributed by atoms with Crippen molar-refractivity contribution in [3.05, 3.63) is 53.1 Å². The quantitative estimate of drug-likeness (QED) is 0.701. The first-order valence-corrected chi connectivity index (χ1v) is 12.6. The Morgan fingerprint density at radius 2 is 1.68 bits per heavy atom. The van der Waals surface area contributed by atoms with Crippen molar-refractivity contribution in [3.8, 4) is 0 Å². The molecule has 1 aliphatic carbocycles. The van der Waals surface area contributed by atoms with E-state index in [2.05, 4.69) is 4.90 Å². The van der Waals surface area contributed by atoms with Crippen molar-refractivity contribution >= 4 is 38.9 Å². The van der Waals surface area contributed by atoms with Crippen molar-refractivity contribution in [2.75, 3.05) is 36.0 Å². The molecule has 1 saturated carbocycles. The second kappa shape index (κ2) is 7.80. The lowest BCUT2D eigenvalue weighted by molar-refractivity contribution is -0.120. The first-order valence-electron chi connectivity index (χ1n) is 10.8. The summed E-state index contributed by atoms with van der Waals surface area (Å²) >= 11 is 5.97. The number of rotatable bonds is 4. The molecule has 0 aromatic heterocycles. The van der Waals surface area contributed by atoms with E-state index in [0.717, 1.165) is 29.8 Å². The highest BCUT2D eigenvalue weighted by molar-refractivity contribution is 7.89. The van der Waals surface area contributed by atoms with Crippen molar-refractivity contribution in [1.29, 1.82) is 0 Å². The van der Waals surface area contributed by atoms with E-state index in [1.165, 1.54) is 0 Å². The van der Waals surface area contributed by atoms with Gasteiger partial charge < -0.3 is 9.80 Å². The predicted molar refractivity (Wildman–Crippen MR) is 122 cm³/mol. The van der Waals surface area contributed by atoms with Crippen LogP contribution in [0, 0.1) is 5.92 Å². The van der Waals surface area contributed by atoms with Gasteiger partial charge in [0.1, 0.15) is 0 Å². The molecule has 5 rings (SSSR count). The zero-order chi connectivity index (χ0) is 21.8. The minimum absolute atomic E-state index is 0.0731. The van der Waals surface area contributed by atoms with Crippen LogP contribution in [0.1, 0.15) is 25.3 Å². The third kappa shape index (κ3) is 3.83. The number of sulfonamides is 1. The third-order valence-corrected chi connectivity index (χ3v) is 8.65. The van der Waals surface area contributed by atoms with Gasteiger partial charge in [0, 0.05) is 54.5 Å². The number of nitrogens with zero attached hydrogens (tertiary/aromatic N) is 3. The van der Waals surface area contributed by atoms with Crippen LogP contribution in [0.25, 0.3) is 0 Å². The van der Waals surface area contributed by atoms with Gasteiger partial charge in [-0.05, 0) is 74.2 Å². The fraction of sp³-hybridized carbons (Fsp3) is 0.435. The summed E-state index contributed by atoms with van der Waals surface area (Å²) in [7, 11) is -3.57. The normalized spacial score (nSPS) is 21.9. The number of hydrogen-bond donors (Lipinski definition) is 0. The smallest absolute Gasteiger partial charge is 0.243 e. The summed E-state index contributed by atoms with van der Waals surface area (Å²) in [6.45, 7) is 4.17. The lowest BCUT2D eigenvalue weighted by atomic mass is 10.1. The average molecular weight is 460 g/mol. The number of benzene rings is 2. The molecule has 2 aromatic rings. The second-order valence-corrected chi connectivity index (χ2v) is 11.1. The van der Waals surface area contributed by atoms with Gasteiger partial charge in [-0.25, -0.2) is 8.42 Å². The van der Waals surface area contributed by atoms with E-state index in [1.54, 1.807) is 16.4 Å². The maximum atomic E-state index is 13.3. The first-order chi connectivity index (χ1) is 14.8. The minimum atomic E-state index is -3.57. The van der Waals surface area contributed by atoms with Gasteiger partial charge in [0.15, 0.2) is 0 Å². The number of carbonyl (C=O) groups is 1. The van der Waals surface area contributed by atoms with Crippen molar-refractivity contribution in [1.82, 2.24) is 4.31 Å². The molecule has 2 aliphatic heterocycles. The Kier molecular flexibility index (Phi) is 5.23. The topological polar surface area (TPSA) is 60.9 Å². The number of halogens is 1. The first kappa shape index (κ1) is 20.8. The van der Waals surface area contributed by atoms with Crippen LogP contribution in [0.3, 0.4) is 0 Å². The molecule has 0 N–H and O–H groups in total. The number of anilines is 2. The largest absolute Gasteiger partial charge is 0.369 e.